The summed E-state index contributed by atoms with van der Waals surface area (Å²) >= 11 is 6.53. The number of anilines is 1. The van der Waals surface area contributed by atoms with E-state index in [0.717, 1.165) is 18.4 Å². The summed E-state index contributed by atoms with van der Waals surface area (Å²) in [5, 5.41) is 13.6. The van der Waals surface area contributed by atoms with Crippen LogP contribution >= 0.6 is 11.6 Å². The molecule has 0 aliphatic heterocycles. The monoisotopic (exact) mass is 480 g/mol. The second-order valence-corrected chi connectivity index (χ2v) is 8.44. The van der Waals surface area contributed by atoms with Crippen molar-refractivity contribution < 1.29 is 4.79 Å². The molecule has 0 spiro atoms. The number of nitrogens with zero attached hydrogens (tertiary/aromatic N) is 2. The van der Waals surface area contributed by atoms with Crippen molar-refractivity contribution in [3.05, 3.63) is 81.2 Å². The summed E-state index contributed by atoms with van der Waals surface area (Å²) in [6, 6.07) is 16.2. The number of amidine groups is 1. The molecule has 0 radical (unpaired) electrons. The summed E-state index contributed by atoms with van der Waals surface area (Å²) in [6.45, 7) is 4.09. The second-order valence-electron chi connectivity index (χ2n) is 8.08. The van der Waals surface area contributed by atoms with E-state index in [1.165, 1.54) is 4.57 Å². The van der Waals surface area contributed by atoms with E-state index < -0.39 is 5.56 Å². The number of halogens is 1. The number of carbonyl (C=O) groups is 1. The third kappa shape index (κ3) is 6.23. The van der Waals surface area contributed by atoms with Gasteiger partial charge in [0, 0.05) is 23.7 Å². The Kier molecular flexibility index (Phi) is 8.43. The molecule has 9 heteroatoms. The standard InChI is InChI=1S/C25H29ClN6O2/c1-3-7-16(2)30-24-25(34)32(21(22(26)31-24)18-8-5-4-6-9-18)15-20(33)29-14-17-10-12-19(13-11-17)23(27)28/h4-6,8-13,16H,3,7,14-15H2,1-2H3,(H3,27,28)(H,29,33)(H,30,31). The molecular weight excluding hydrogens is 452 g/mol. The van der Waals surface area contributed by atoms with Crippen molar-refractivity contribution in [3.8, 4) is 11.3 Å². The summed E-state index contributed by atoms with van der Waals surface area (Å²) in [7, 11) is 0. The maximum Gasteiger partial charge on any atom is 0.294 e. The Morgan fingerprint density at radius 1 is 1.18 bits per heavy atom. The van der Waals surface area contributed by atoms with Crippen LogP contribution in [0.1, 0.15) is 37.8 Å². The molecule has 8 nitrogen and oxygen atoms in total. The number of hydrogen-bond donors (Lipinski definition) is 4. The molecule has 1 unspecified atom stereocenters. The minimum atomic E-state index is -0.410. The maximum atomic E-state index is 13.3. The first-order valence-corrected chi connectivity index (χ1v) is 11.5. The maximum absolute atomic E-state index is 13.3. The van der Waals surface area contributed by atoms with Gasteiger partial charge in [-0.25, -0.2) is 4.98 Å². The zero-order valence-electron chi connectivity index (χ0n) is 19.3. The van der Waals surface area contributed by atoms with Crippen LogP contribution in [0.25, 0.3) is 11.3 Å². The smallest absolute Gasteiger partial charge is 0.294 e. The summed E-state index contributed by atoms with van der Waals surface area (Å²) < 4.78 is 1.36. The van der Waals surface area contributed by atoms with Crippen LogP contribution in [0.3, 0.4) is 0 Å². The molecule has 2 aromatic carbocycles. The molecule has 178 valence electrons. The minimum absolute atomic E-state index is 0.0179. The molecule has 5 N–H and O–H groups in total. The van der Waals surface area contributed by atoms with Crippen LogP contribution in [0, 0.1) is 5.41 Å². The third-order valence-electron chi connectivity index (χ3n) is 5.33. The zero-order chi connectivity index (χ0) is 24.7. The first-order chi connectivity index (χ1) is 16.3. The van der Waals surface area contributed by atoms with E-state index >= 15 is 0 Å². The number of carbonyl (C=O) groups excluding carboxylic acids is 1. The molecule has 34 heavy (non-hydrogen) atoms. The Labute approximate surface area is 203 Å². The topological polar surface area (TPSA) is 126 Å². The lowest BCUT2D eigenvalue weighted by molar-refractivity contribution is -0.121. The van der Waals surface area contributed by atoms with Gasteiger partial charge >= 0.3 is 0 Å². The van der Waals surface area contributed by atoms with Gasteiger partial charge < -0.3 is 16.4 Å². The van der Waals surface area contributed by atoms with Crippen LogP contribution in [-0.4, -0.2) is 27.3 Å². The molecule has 0 saturated carbocycles. The highest BCUT2D eigenvalue weighted by atomic mass is 35.5. The van der Waals surface area contributed by atoms with Crippen molar-refractivity contribution in [2.75, 3.05) is 5.32 Å². The lowest BCUT2D eigenvalue weighted by Crippen LogP contribution is -2.35. The van der Waals surface area contributed by atoms with E-state index in [1.54, 1.807) is 24.3 Å². The van der Waals surface area contributed by atoms with E-state index in [1.807, 2.05) is 37.3 Å². The molecule has 1 aromatic heterocycles. The number of amides is 1. The van der Waals surface area contributed by atoms with Gasteiger partial charge in [-0.1, -0.05) is 79.5 Å². The zero-order valence-corrected chi connectivity index (χ0v) is 20.0. The Hall–Kier alpha value is -3.65. The predicted molar refractivity (Wildman–Crippen MR) is 136 cm³/mol. The lowest BCUT2D eigenvalue weighted by atomic mass is 10.1. The molecule has 0 aliphatic rings. The Morgan fingerprint density at radius 2 is 1.85 bits per heavy atom. The van der Waals surface area contributed by atoms with Crippen LogP contribution in [-0.2, 0) is 17.9 Å². The Bertz CT molecular complexity index is 1210. The predicted octanol–water partition coefficient (Wildman–Crippen LogP) is 3.76. The van der Waals surface area contributed by atoms with E-state index in [-0.39, 0.29) is 41.8 Å². The number of benzene rings is 2. The largest absolute Gasteiger partial charge is 0.384 e. The second kappa shape index (κ2) is 11.5. The quantitative estimate of drug-likeness (QED) is 0.259. The normalized spacial score (nSPS) is 11.6. The van der Waals surface area contributed by atoms with Gasteiger partial charge in [0.15, 0.2) is 11.0 Å². The van der Waals surface area contributed by atoms with E-state index in [9.17, 15) is 9.59 Å². The minimum Gasteiger partial charge on any atom is -0.384 e. The van der Waals surface area contributed by atoms with E-state index in [2.05, 4.69) is 22.5 Å². The highest BCUT2D eigenvalue weighted by molar-refractivity contribution is 6.32. The van der Waals surface area contributed by atoms with Crippen LogP contribution < -0.4 is 21.9 Å². The molecule has 1 atom stereocenters. The van der Waals surface area contributed by atoms with Crippen molar-refractivity contribution >= 4 is 29.2 Å². The van der Waals surface area contributed by atoms with Crippen molar-refractivity contribution in [1.29, 1.82) is 5.41 Å². The Morgan fingerprint density at radius 3 is 2.47 bits per heavy atom. The van der Waals surface area contributed by atoms with Gasteiger partial charge in [0.1, 0.15) is 12.4 Å². The average Bonchev–Trinajstić information content (AvgIpc) is 2.82. The van der Waals surface area contributed by atoms with Crippen molar-refractivity contribution in [3.63, 3.8) is 0 Å². The molecule has 1 heterocycles. The van der Waals surface area contributed by atoms with Gasteiger partial charge in [-0.3, -0.25) is 19.6 Å². The molecule has 3 rings (SSSR count). The summed E-state index contributed by atoms with van der Waals surface area (Å²) in [4.78, 5) is 30.5. The highest BCUT2D eigenvalue weighted by Gasteiger charge is 2.20. The number of nitrogens with two attached hydrogens (primary N) is 1. The summed E-state index contributed by atoms with van der Waals surface area (Å²) in [5.41, 5.74) is 7.61. The molecule has 0 bridgehead atoms. The number of hydrogen-bond acceptors (Lipinski definition) is 5. The summed E-state index contributed by atoms with van der Waals surface area (Å²) in [5.74, 6) is -0.237. The van der Waals surface area contributed by atoms with Gasteiger partial charge in [-0.2, -0.15) is 0 Å². The van der Waals surface area contributed by atoms with Gasteiger partial charge in [-0.05, 0) is 18.9 Å². The highest BCUT2D eigenvalue weighted by Crippen LogP contribution is 2.26. The van der Waals surface area contributed by atoms with Crippen LogP contribution in [0.2, 0.25) is 5.15 Å². The van der Waals surface area contributed by atoms with Crippen molar-refractivity contribution in [2.45, 2.75) is 45.8 Å². The van der Waals surface area contributed by atoms with E-state index in [4.69, 9.17) is 22.7 Å². The molecule has 0 saturated heterocycles. The molecule has 1 amide bonds. The van der Waals surface area contributed by atoms with Gasteiger partial charge in [0.05, 0.1) is 5.69 Å². The van der Waals surface area contributed by atoms with E-state index in [0.29, 0.717) is 16.8 Å². The van der Waals surface area contributed by atoms with Crippen LogP contribution in [0.5, 0.6) is 0 Å². The summed E-state index contributed by atoms with van der Waals surface area (Å²) in [6.07, 6.45) is 1.82. The van der Waals surface area contributed by atoms with Crippen LogP contribution in [0.4, 0.5) is 5.82 Å². The first kappa shape index (κ1) is 25.0. The van der Waals surface area contributed by atoms with Gasteiger partial charge in [0.25, 0.3) is 5.56 Å². The lowest BCUT2D eigenvalue weighted by Gasteiger charge is -2.18. The molecular formula is C25H29ClN6O2. The van der Waals surface area contributed by atoms with Crippen molar-refractivity contribution in [2.24, 2.45) is 5.73 Å². The number of rotatable bonds is 10. The van der Waals surface area contributed by atoms with Gasteiger partial charge in [0.2, 0.25) is 5.91 Å². The number of nitrogen functional groups attached to an aromatic ring is 1. The fourth-order valence-corrected chi connectivity index (χ4v) is 3.89. The van der Waals surface area contributed by atoms with Gasteiger partial charge in [-0.15, -0.1) is 0 Å². The van der Waals surface area contributed by atoms with Crippen molar-refractivity contribution in [1.82, 2.24) is 14.9 Å². The van der Waals surface area contributed by atoms with Crippen LogP contribution in [0.15, 0.2) is 59.4 Å². The molecule has 3 aromatic rings. The number of nitrogens with one attached hydrogen (secondary N) is 3. The SMILES string of the molecule is CCCC(C)Nc1nc(Cl)c(-c2ccccc2)n(CC(=O)NCc2ccc(C(=N)N)cc2)c1=O. The third-order valence-corrected chi connectivity index (χ3v) is 5.59. The fourth-order valence-electron chi connectivity index (χ4n) is 3.60. The number of aromatic nitrogens is 2. The average molecular weight is 481 g/mol. The molecule has 0 fully saturated rings. The fraction of sp³-hybridized carbons (Fsp3) is 0.280. The first-order valence-electron chi connectivity index (χ1n) is 11.1. The Balaban J connectivity index is 1.87. The molecule has 0 aliphatic carbocycles.